The highest BCUT2D eigenvalue weighted by atomic mass is 32.1. The van der Waals surface area contributed by atoms with E-state index in [0.717, 1.165) is 21.9 Å². The summed E-state index contributed by atoms with van der Waals surface area (Å²) in [7, 11) is 1.62. The van der Waals surface area contributed by atoms with E-state index in [4.69, 9.17) is 4.74 Å². The van der Waals surface area contributed by atoms with E-state index in [2.05, 4.69) is 10.3 Å². The number of hydrogen-bond acceptors (Lipinski definition) is 5. The van der Waals surface area contributed by atoms with Gasteiger partial charge in [0.25, 0.3) is 5.91 Å². The normalized spacial score (nSPS) is 10.4. The Morgan fingerprint density at radius 2 is 1.88 bits per heavy atom. The van der Waals surface area contributed by atoms with Crippen LogP contribution in [0.4, 0.5) is 5.13 Å². The van der Waals surface area contributed by atoms with Gasteiger partial charge in [0, 0.05) is 22.6 Å². The van der Waals surface area contributed by atoms with Crippen LogP contribution in [-0.4, -0.2) is 18.0 Å². The van der Waals surface area contributed by atoms with E-state index in [0.29, 0.717) is 15.4 Å². The number of amides is 1. The Hall–Kier alpha value is -2.93. The van der Waals surface area contributed by atoms with Crippen LogP contribution in [0.25, 0.3) is 11.3 Å². The second kappa shape index (κ2) is 6.67. The van der Waals surface area contributed by atoms with E-state index < -0.39 is 0 Å². The van der Waals surface area contributed by atoms with Gasteiger partial charge < -0.3 is 9.94 Å². The Morgan fingerprint density at radius 1 is 1.21 bits per heavy atom. The first-order valence-corrected chi connectivity index (χ1v) is 8.00. The summed E-state index contributed by atoms with van der Waals surface area (Å²) in [6, 6.07) is 10.5. The van der Waals surface area contributed by atoms with Crippen molar-refractivity contribution in [1.82, 2.24) is 4.98 Å². The van der Waals surface area contributed by atoms with E-state index in [1.54, 1.807) is 7.11 Å². The zero-order valence-corrected chi connectivity index (χ0v) is 14.0. The molecule has 6 nitrogen and oxygen atoms in total. The molecule has 7 heteroatoms. The summed E-state index contributed by atoms with van der Waals surface area (Å²) >= 11 is 1.40. The van der Waals surface area contributed by atoms with Crippen molar-refractivity contribution in [3.63, 3.8) is 0 Å². The van der Waals surface area contributed by atoms with Crippen LogP contribution < -0.4 is 14.8 Å². The molecule has 0 saturated carbocycles. The van der Waals surface area contributed by atoms with Crippen LogP contribution in [0.5, 0.6) is 5.75 Å². The molecule has 0 atom stereocenters. The van der Waals surface area contributed by atoms with Gasteiger partial charge in [-0.3, -0.25) is 10.1 Å². The number of benzene rings is 1. The number of nitrogens with zero attached hydrogens (tertiary/aromatic N) is 2. The molecule has 2 heterocycles. The largest absolute Gasteiger partial charge is 0.619 e. The minimum atomic E-state index is -0.300. The summed E-state index contributed by atoms with van der Waals surface area (Å²) in [6.07, 6.45) is 2.57. The van der Waals surface area contributed by atoms with Gasteiger partial charge in [-0.25, -0.2) is 4.98 Å². The number of hydrogen-bond donors (Lipinski definition) is 1. The molecule has 0 unspecified atom stereocenters. The molecule has 0 saturated heterocycles. The lowest BCUT2D eigenvalue weighted by atomic mass is 10.1. The zero-order chi connectivity index (χ0) is 17.1. The molecule has 0 fully saturated rings. The molecule has 24 heavy (non-hydrogen) atoms. The number of aromatic nitrogens is 2. The maximum Gasteiger partial charge on any atom is 0.257 e. The van der Waals surface area contributed by atoms with Crippen molar-refractivity contribution in [3.8, 4) is 17.0 Å². The van der Waals surface area contributed by atoms with Gasteiger partial charge in [-0.1, -0.05) is 0 Å². The number of carbonyl (C=O) groups is 1. The molecule has 0 aliphatic carbocycles. The summed E-state index contributed by atoms with van der Waals surface area (Å²) in [4.78, 5) is 17.7. The summed E-state index contributed by atoms with van der Waals surface area (Å²) in [6.45, 7) is 1.95. The monoisotopic (exact) mass is 341 g/mol. The molecule has 0 aliphatic rings. The predicted molar refractivity (Wildman–Crippen MR) is 92.2 cm³/mol. The van der Waals surface area contributed by atoms with Gasteiger partial charge in [0.1, 0.15) is 5.75 Å². The molecule has 1 amide bonds. The Morgan fingerprint density at radius 3 is 2.50 bits per heavy atom. The number of aryl methyl sites for hydroxylation is 1. The second-order valence-electron chi connectivity index (χ2n) is 5.05. The van der Waals surface area contributed by atoms with Gasteiger partial charge in [-0.15, -0.1) is 11.3 Å². The van der Waals surface area contributed by atoms with Gasteiger partial charge in [-0.2, -0.15) is 4.73 Å². The SMILES string of the molecule is COc1ccc(-c2nc(NC(=O)c3cc[n+]([O-])cc3)sc2C)cc1. The molecule has 1 N–H and O–H groups in total. The van der Waals surface area contributed by atoms with Crippen LogP contribution in [0.15, 0.2) is 48.8 Å². The highest BCUT2D eigenvalue weighted by Crippen LogP contribution is 2.31. The zero-order valence-electron chi connectivity index (χ0n) is 13.1. The molecule has 1 aromatic carbocycles. The van der Waals surface area contributed by atoms with Crippen LogP contribution in [0.3, 0.4) is 0 Å². The lowest BCUT2D eigenvalue weighted by Gasteiger charge is -2.02. The third kappa shape index (κ3) is 3.36. The number of pyridine rings is 1. The molecule has 3 rings (SSSR count). The average Bonchev–Trinajstić information content (AvgIpc) is 2.95. The van der Waals surface area contributed by atoms with E-state index in [1.165, 1.54) is 35.9 Å². The van der Waals surface area contributed by atoms with Crippen LogP contribution in [0.2, 0.25) is 0 Å². The molecule has 0 bridgehead atoms. The lowest BCUT2D eigenvalue weighted by molar-refractivity contribution is -0.605. The van der Waals surface area contributed by atoms with Crippen LogP contribution in [-0.2, 0) is 0 Å². The fraction of sp³-hybridized carbons (Fsp3) is 0.118. The van der Waals surface area contributed by atoms with Gasteiger partial charge in [0.2, 0.25) is 0 Å². The van der Waals surface area contributed by atoms with Gasteiger partial charge in [0.05, 0.1) is 18.4 Å². The molecule has 0 spiro atoms. The molecule has 0 radical (unpaired) electrons. The van der Waals surface area contributed by atoms with Gasteiger partial charge in [-0.05, 0) is 31.2 Å². The van der Waals surface area contributed by atoms with Crippen molar-refractivity contribution in [2.45, 2.75) is 6.92 Å². The van der Waals surface area contributed by atoms with E-state index in [9.17, 15) is 10.0 Å². The minimum Gasteiger partial charge on any atom is -0.619 e. The van der Waals surface area contributed by atoms with Crippen molar-refractivity contribution < 1.29 is 14.3 Å². The highest BCUT2D eigenvalue weighted by molar-refractivity contribution is 7.16. The Labute approximate surface area is 143 Å². The lowest BCUT2D eigenvalue weighted by Crippen LogP contribution is -2.25. The quantitative estimate of drug-likeness (QED) is 0.584. The number of thiazole rings is 1. The van der Waals surface area contributed by atoms with Crippen molar-refractivity contribution in [2.75, 3.05) is 12.4 Å². The molecule has 122 valence electrons. The molecular formula is C17H15N3O3S. The smallest absolute Gasteiger partial charge is 0.257 e. The number of methoxy groups -OCH3 is 1. The number of ether oxygens (including phenoxy) is 1. The first-order valence-electron chi connectivity index (χ1n) is 7.19. The Kier molecular flexibility index (Phi) is 4.43. The average molecular weight is 341 g/mol. The van der Waals surface area contributed by atoms with Gasteiger partial charge >= 0.3 is 0 Å². The molecule has 2 aromatic heterocycles. The van der Waals surface area contributed by atoms with Crippen molar-refractivity contribution in [2.24, 2.45) is 0 Å². The molecular weight excluding hydrogens is 326 g/mol. The topological polar surface area (TPSA) is 78.2 Å². The van der Waals surface area contributed by atoms with Crippen molar-refractivity contribution in [1.29, 1.82) is 0 Å². The Bertz CT molecular complexity index is 858. The maximum atomic E-state index is 12.2. The first-order chi connectivity index (χ1) is 11.6. The highest BCUT2D eigenvalue weighted by Gasteiger charge is 2.13. The van der Waals surface area contributed by atoms with Crippen molar-refractivity contribution >= 4 is 22.4 Å². The standard InChI is InChI=1S/C17H15N3O3S/c1-11-15(12-3-5-14(23-2)6-4-12)18-17(24-11)19-16(21)13-7-9-20(22)10-8-13/h3-10H,1-2H3,(H,18,19,21). The number of anilines is 1. The van der Waals surface area contributed by atoms with Crippen LogP contribution in [0.1, 0.15) is 15.2 Å². The predicted octanol–water partition coefficient (Wildman–Crippen LogP) is 3.01. The van der Waals surface area contributed by atoms with E-state index in [-0.39, 0.29) is 5.91 Å². The summed E-state index contributed by atoms with van der Waals surface area (Å²) in [5.74, 6) is 0.477. The summed E-state index contributed by atoms with van der Waals surface area (Å²) < 4.78 is 5.78. The van der Waals surface area contributed by atoms with E-state index >= 15 is 0 Å². The number of nitrogens with one attached hydrogen (secondary N) is 1. The summed E-state index contributed by atoms with van der Waals surface area (Å²) in [5, 5.41) is 14.3. The Balaban J connectivity index is 1.80. The maximum absolute atomic E-state index is 12.2. The third-order valence-electron chi connectivity index (χ3n) is 3.44. The number of rotatable bonds is 4. The minimum absolute atomic E-state index is 0.300. The second-order valence-corrected chi connectivity index (χ2v) is 6.26. The third-order valence-corrected chi connectivity index (χ3v) is 4.33. The van der Waals surface area contributed by atoms with Crippen LogP contribution >= 0.6 is 11.3 Å². The molecule has 3 aromatic rings. The molecule has 0 aliphatic heterocycles. The fourth-order valence-corrected chi connectivity index (χ4v) is 3.03. The van der Waals surface area contributed by atoms with Crippen molar-refractivity contribution in [3.05, 3.63) is 64.4 Å². The van der Waals surface area contributed by atoms with Gasteiger partial charge in [0.15, 0.2) is 17.5 Å². The number of carbonyl (C=O) groups excluding carboxylic acids is 1. The fourth-order valence-electron chi connectivity index (χ4n) is 2.20. The summed E-state index contributed by atoms with van der Waals surface area (Å²) in [5.41, 5.74) is 2.18. The van der Waals surface area contributed by atoms with E-state index in [1.807, 2.05) is 31.2 Å². The van der Waals surface area contributed by atoms with Crippen LogP contribution in [0, 0.1) is 12.1 Å². The first kappa shape index (κ1) is 15.9.